The van der Waals surface area contributed by atoms with Crippen molar-refractivity contribution in [2.45, 2.75) is 39.5 Å². The Morgan fingerprint density at radius 1 is 1.00 bits per heavy atom. The van der Waals surface area contributed by atoms with Gasteiger partial charge < -0.3 is 14.7 Å². The Kier molecular flexibility index (Phi) is 7.60. The summed E-state index contributed by atoms with van der Waals surface area (Å²) >= 11 is 0. The van der Waals surface area contributed by atoms with Gasteiger partial charge in [0, 0.05) is 25.2 Å². The molecule has 0 aliphatic rings. The highest BCUT2D eigenvalue weighted by molar-refractivity contribution is 5.55. The van der Waals surface area contributed by atoms with Gasteiger partial charge in [0.2, 0.25) is 5.82 Å². The van der Waals surface area contributed by atoms with Crippen molar-refractivity contribution in [3.63, 3.8) is 0 Å². The topological polar surface area (TPSA) is 54.2 Å². The van der Waals surface area contributed by atoms with Crippen LogP contribution in [0.4, 0.5) is 6.01 Å². The van der Waals surface area contributed by atoms with Gasteiger partial charge in [0.25, 0.3) is 0 Å². The third-order valence-corrected chi connectivity index (χ3v) is 3.77. The van der Waals surface area contributed by atoms with Gasteiger partial charge in [-0.05, 0) is 19.4 Å². The summed E-state index contributed by atoms with van der Waals surface area (Å²) in [7, 11) is 0. The number of aromatic nitrogens is 2. The molecule has 0 aliphatic carbocycles. The Morgan fingerprint density at radius 3 is 2.52 bits per heavy atom. The lowest BCUT2D eigenvalue weighted by Gasteiger charge is -2.19. The maximum atomic E-state index is 5.49. The van der Waals surface area contributed by atoms with Crippen molar-refractivity contribution in [3.8, 4) is 11.4 Å². The molecule has 0 aliphatic heterocycles. The Labute approximate surface area is 139 Å². The van der Waals surface area contributed by atoms with E-state index in [1.54, 1.807) is 0 Å². The molecule has 5 nitrogen and oxygen atoms in total. The zero-order valence-corrected chi connectivity index (χ0v) is 14.3. The predicted molar refractivity (Wildman–Crippen MR) is 94.6 cm³/mol. The molecule has 0 bridgehead atoms. The Bertz CT molecular complexity index is 541. The SMILES string of the molecule is CCCCNCCN(CCCC)c1nc(-c2ccccc2)no1. The number of anilines is 1. The lowest BCUT2D eigenvalue weighted by molar-refractivity contribution is 0.411. The van der Waals surface area contributed by atoms with Crippen LogP contribution in [0.3, 0.4) is 0 Å². The number of rotatable bonds is 11. The predicted octanol–water partition coefficient (Wildman–Crippen LogP) is 3.73. The minimum atomic E-state index is 0.620. The van der Waals surface area contributed by atoms with E-state index in [9.17, 15) is 0 Å². The molecule has 126 valence electrons. The number of hydrogen-bond acceptors (Lipinski definition) is 5. The molecule has 0 saturated heterocycles. The second-order valence-electron chi connectivity index (χ2n) is 5.71. The van der Waals surface area contributed by atoms with E-state index in [0.29, 0.717) is 11.8 Å². The van der Waals surface area contributed by atoms with Gasteiger partial charge in [-0.25, -0.2) is 0 Å². The molecule has 0 radical (unpaired) electrons. The van der Waals surface area contributed by atoms with Crippen LogP contribution in [-0.4, -0.2) is 36.3 Å². The van der Waals surface area contributed by atoms with Crippen LogP contribution >= 0.6 is 0 Å². The number of nitrogens with one attached hydrogen (secondary N) is 1. The van der Waals surface area contributed by atoms with Crippen LogP contribution in [-0.2, 0) is 0 Å². The maximum Gasteiger partial charge on any atom is 0.324 e. The number of unbranched alkanes of at least 4 members (excludes halogenated alkanes) is 2. The fourth-order valence-corrected chi connectivity index (χ4v) is 2.34. The molecule has 2 rings (SSSR count). The minimum absolute atomic E-state index is 0.620. The van der Waals surface area contributed by atoms with Crippen molar-refractivity contribution in [2.75, 3.05) is 31.1 Å². The third kappa shape index (κ3) is 5.67. The largest absolute Gasteiger partial charge is 0.324 e. The van der Waals surface area contributed by atoms with Gasteiger partial charge in [-0.15, -0.1) is 0 Å². The first-order valence-corrected chi connectivity index (χ1v) is 8.70. The summed E-state index contributed by atoms with van der Waals surface area (Å²) in [6.07, 6.45) is 4.71. The number of nitrogens with zero attached hydrogens (tertiary/aromatic N) is 3. The summed E-state index contributed by atoms with van der Waals surface area (Å²) in [4.78, 5) is 6.75. The van der Waals surface area contributed by atoms with Crippen molar-refractivity contribution in [3.05, 3.63) is 30.3 Å². The third-order valence-electron chi connectivity index (χ3n) is 3.77. The van der Waals surface area contributed by atoms with Crippen LogP contribution in [0.1, 0.15) is 39.5 Å². The van der Waals surface area contributed by atoms with Crippen molar-refractivity contribution >= 4 is 6.01 Å². The lowest BCUT2D eigenvalue weighted by Crippen LogP contribution is -2.33. The van der Waals surface area contributed by atoms with Crippen LogP contribution in [0.2, 0.25) is 0 Å². The summed E-state index contributed by atoms with van der Waals surface area (Å²) in [5.74, 6) is 0.654. The summed E-state index contributed by atoms with van der Waals surface area (Å²) < 4.78 is 5.49. The first-order chi connectivity index (χ1) is 11.3. The Hall–Kier alpha value is -1.88. The molecule has 0 unspecified atom stereocenters. The average Bonchev–Trinajstić information content (AvgIpc) is 3.08. The van der Waals surface area contributed by atoms with Crippen LogP contribution in [0.25, 0.3) is 11.4 Å². The van der Waals surface area contributed by atoms with E-state index < -0.39 is 0 Å². The smallest absolute Gasteiger partial charge is 0.323 e. The van der Waals surface area contributed by atoms with Crippen molar-refractivity contribution in [1.29, 1.82) is 0 Å². The molecule has 0 amide bonds. The molecule has 1 aromatic heterocycles. The van der Waals surface area contributed by atoms with Gasteiger partial charge in [-0.3, -0.25) is 0 Å². The molecule has 0 atom stereocenters. The van der Waals surface area contributed by atoms with Gasteiger partial charge in [-0.2, -0.15) is 4.98 Å². The summed E-state index contributed by atoms with van der Waals surface area (Å²) in [5, 5.41) is 7.59. The van der Waals surface area contributed by atoms with E-state index >= 15 is 0 Å². The fraction of sp³-hybridized carbons (Fsp3) is 0.556. The van der Waals surface area contributed by atoms with Crippen molar-refractivity contribution in [1.82, 2.24) is 15.5 Å². The van der Waals surface area contributed by atoms with Gasteiger partial charge in [0.15, 0.2) is 0 Å². The molecule has 2 aromatic rings. The van der Waals surface area contributed by atoms with Crippen molar-refractivity contribution < 1.29 is 4.52 Å². The van der Waals surface area contributed by atoms with Crippen molar-refractivity contribution in [2.24, 2.45) is 0 Å². The van der Waals surface area contributed by atoms with Crippen LogP contribution in [0.5, 0.6) is 0 Å². The van der Waals surface area contributed by atoms with Crippen LogP contribution < -0.4 is 10.2 Å². The van der Waals surface area contributed by atoms with Gasteiger partial charge in [-0.1, -0.05) is 62.2 Å². The summed E-state index contributed by atoms with van der Waals surface area (Å²) in [6.45, 7) is 8.24. The molecular weight excluding hydrogens is 288 g/mol. The molecule has 1 heterocycles. The summed E-state index contributed by atoms with van der Waals surface area (Å²) in [5.41, 5.74) is 0.985. The Balaban J connectivity index is 1.96. The van der Waals surface area contributed by atoms with E-state index in [1.807, 2.05) is 30.3 Å². The zero-order valence-electron chi connectivity index (χ0n) is 14.3. The van der Waals surface area contributed by atoms with Crippen LogP contribution in [0, 0.1) is 0 Å². The van der Waals surface area contributed by atoms with E-state index in [1.165, 1.54) is 12.8 Å². The van der Waals surface area contributed by atoms with E-state index in [-0.39, 0.29) is 0 Å². The highest BCUT2D eigenvalue weighted by atomic mass is 16.5. The maximum absolute atomic E-state index is 5.49. The Morgan fingerprint density at radius 2 is 1.78 bits per heavy atom. The van der Waals surface area contributed by atoms with E-state index in [2.05, 4.69) is 34.2 Å². The molecule has 1 N–H and O–H groups in total. The quantitative estimate of drug-likeness (QED) is 0.640. The van der Waals surface area contributed by atoms with E-state index in [4.69, 9.17) is 4.52 Å². The minimum Gasteiger partial charge on any atom is -0.323 e. The van der Waals surface area contributed by atoms with Crippen LogP contribution in [0.15, 0.2) is 34.9 Å². The normalized spacial score (nSPS) is 10.9. The first-order valence-electron chi connectivity index (χ1n) is 8.70. The second-order valence-corrected chi connectivity index (χ2v) is 5.71. The molecule has 5 heteroatoms. The second kappa shape index (κ2) is 10.0. The van der Waals surface area contributed by atoms with E-state index in [0.717, 1.165) is 44.6 Å². The molecule has 23 heavy (non-hydrogen) atoms. The zero-order chi connectivity index (χ0) is 16.3. The molecular formula is C18H28N4O. The first kappa shape index (κ1) is 17.5. The van der Waals surface area contributed by atoms with Gasteiger partial charge in [0.05, 0.1) is 0 Å². The molecule has 1 aromatic carbocycles. The average molecular weight is 316 g/mol. The summed E-state index contributed by atoms with van der Waals surface area (Å²) in [6, 6.07) is 10.6. The molecule has 0 spiro atoms. The lowest BCUT2D eigenvalue weighted by atomic mass is 10.2. The van der Waals surface area contributed by atoms with Gasteiger partial charge in [0.1, 0.15) is 0 Å². The number of benzene rings is 1. The number of hydrogen-bond donors (Lipinski definition) is 1. The highest BCUT2D eigenvalue weighted by Crippen LogP contribution is 2.19. The standard InChI is InChI=1S/C18H28N4O/c1-3-5-12-19-13-15-22(14-6-4-2)18-20-17(21-23-18)16-10-8-7-9-11-16/h7-11,19H,3-6,12-15H2,1-2H3. The highest BCUT2D eigenvalue weighted by Gasteiger charge is 2.14. The molecule has 0 fully saturated rings. The monoisotopic (exact) mass is 316 g/mol. The fourth-order valence-electron chi connectivity index (χ4n) is 2.34. The van der Waals surface area contributed by atoms with Gasteiger partial charge >= 0.3 is 6.01 Å². The molecule has 0 saturated carbocycles.